The number of hydrogen-bond donors (Lipinski definition) is 1. The molecule has 3 aromatic rings. The maximum atomic E-state index is 12.5. The molecule has 4 heterocycles. The molecule has 0 bridgehead atoms. The topological polar surface area (TPSA) is 88.3 Å². The molecule has 4 rings (SSSR count). The lowest BCUT2D eigenvalue weighted by Gasteiger charge is -2.22. The Labute approximate surface area is 138 Å². The van der Waals surface area contributed by atoms with Crippen molar-refractivity contribution in [1.82, 2.24) is 24.8 Å². The third-order valence-corrected chi connectivity index (χ3v) is 4.26. The molecule has 122 valence electrons. The van der Waals surface area contributed by atoms with E-state index >= 15 is 0 Å². The van der Waals surface area contributed by atoms with E-state index in [9.17, 15) is 4.79 Å². The molecule has 1 unspecified atom stereocenters. The van der Waals surface area contributed by atoms with Gasteiger partial charge in [0, 0.05) is 25.0 Å². The Hall–Kier alpha value is -3.03. The molecule has 0 aliphatic carbocycles. The van der Waals surface area contributed by atoms with E-state index in [1.807, 2.05) is 12.3 Å². The summed E-state index contributed by atoms with van der Waals surface area (Å²) in [7, 11) is 0. The van der Waals surface area contributed by atoms with Crippen molar-refractivity contribution < 1.29 is 4.79 Å². The summed E-state index contributed by atoms with van der Waals surface area (Å²) < 4.78 is 1.61. The van der Waals surface area contributed by atoms with Gasteiger partial charge in [-0.25, -0.2) is 9.50 Å². The van der Waals surface area contributed by atoms with Crippen LogP contribution in [0.3, 0.4) is 0 Å². The highest BCUT2D eigenvalue weighted by molar-refractivity contribution is 6.07. The lowest BCUT2D eigenvalue weighted by molar-refractivity contribution is 0.102. The van der Waals surface area contributed by atoms with Gasteiger partial charge in [0.1, 0.15) is 11.4 Å². The van der Waals surface area contributed by atoms with Gasteiger partial charge in [-0.15, -0.1) is 5.10 Å². The van der Waals surface area contributed by atoms with E-state index in [2.05, 4.69) is 37.4 Å². The maximum Gasteiger partial charge on any atom is 0.262 e. The number of carbonyl (C=O) groups is 1. The van der Waals surface area contributed by atoms with Crippen LogP contribution in [0.2, 0.25) is 0 Å². The van der Waals surface area contributed by atoms with Crippen molar-refractivity contribution in [2.75, 3.05) is 16.8 Å². The Morgan fingerprint density at radius 3 is 3.04 bits per heavy atom. The molecule has 8 heteroatoms. The van der Waals surface area contributed by atoms with Gasteiger partial charge in [-0.05, 0) is 38.0 Å². The average molecular weight is 323 g/mol. The van der Waals surface area contributed by atoms with Crippen molar-refractivity contribution in [2.45, 2.75) is 25.8 Å². The normalized spacial score (nSPS) is 17.4. The second-order valence-corrected chi connectivity index (χ2v) is 5.86. The summed E-state index contributed by atoms with van der Waals surface area (Å²) in [6, 6.07) is 5.79. The molecule has 1 aliphatic rings. The molecule has 0 spiro atoms. The zero-order valence-corrected chi connectivity index (χ0v) is 13.3. The lowest BCUT2D eigenvalue weighted by Crippen LogP contribution is -2.27. The number of nitrogens with one attached hydrogen (secondary N) is 1. The second-order valence-electron chi connectivity index (χ2n) is 5.86. The van der Waals surface area contributed by atoms with Gasteiger partial charge in [-0.1, -0.05) is 0 Å². The minimum Gasteiger partial charge on any atom is -0.354 e. The minimum absolute atomic E-state index is 0.301. The Kier molecular flexibility index (Phi) is 3.56. The van der Waals surface area contributed by atoms with E-state index in [-0.39, 0.29) is 5.91 Å². The van der Waals surface area contributed by atoms with Crippen LogP contribution in [0.4, 0.5) is 11.6 Å². The zero-order chi connectivity index (χ0) is 16.5. The van der Waals surface area contributed by atoms with E-state index in [4.69, 9.17) is 0 Å². The number of fused-ring (bicyclic) bond motifs is 1. The fraction of sp³-hybridized carbons (Fsp3) is 0.312. The van der Waals surface area contributed by atoms with Crippen LogP contribution in [0.25, 0.3) is 5.65 Å². The fourth-order valence-electron chi connectivity index (χ4n) is 3.00. The number of carbonyl (C=O) groups excluding carboxylic acids is 1. The number of rotatable bonds is 3. The summed E-state index contributed by atoms with van der Waals surface area (Å²) in [6.45, 7) is 3.18. The van der Waals surface area contributed by atoms with Crippen LogP contribution in [0.5, 0.6) is 0 Å². The summed E-state index contributed by atoms with van der Waals surface area (Å²) >= 11 is 0. The summed E-state index contributed by atoms with van der Waals surface area (Å²) in [5, 5.41) is 14.5. The SMILES string of the molecule is CC1CCCN1c1ccn2ncc(C(=O)Nc3cccnn3)c2n1. The molecule has 1 N–H and O–H groups in total. The molecule has 0 radical (unpaired) electrons. The third-order valence-electron chi connectivity index (χ3n) is 4.26. The van der Waals surface area contributed by atoms with Crippen molar-refractivity contribution in [1.29, 1.82) is 0 Å². The molecule has 3 aromatic heterocycles. The molecule has 1 atom stereocenters. The Bertz CT molecular complexity index is 877. The monoisotopic (exact) mass is 323 g/mol. The van der Waals surface area contributed by atoms with Crippen molar-refractivity contribution in [3.8, 4) is 0 Å². The molecule has 1 saturated heterocycles. The number of amides is 1. The summed E-state index contributed by atoms with van der Waals surface area (Å²) in [6.07, 6.45) is 7.22. The van der Waals surface area contributed by atoms with Gasteiger partial charge >= 0.3 is 0 Å². The molecule has 0 saturated carbocycles. The molecular weight excluding hydrogens is 306 g/mol. The van der Waals surface area contributed by atoms with E-state index in [0.717, 1.165) is 25.2 Å². The van der Waals surface area contributed by atoms with Gasteiger partial charge in [-0.2, -0.15) is 10.2 Å². The summed E-state index contributed by atoms with van der Waals surface area (Å²) in [5.41, 5.74) is 0.947. The molecular formula is C16H17N7O. The smallest absolute Gasteiger partial charge is 0.262 e. The van der Waals surface area contributed by atoms with Gasteiger partial charge in [-0.3, -0.25) is 4.79 Å². The molecule has 8 nitrogen and oxygen atoms in total. The van der Waals surface area contributed by atoms with Crippen LogP contribution in [-0.4, -0.2) is 43.3 Å². The van der Waals surface area contributed by atoms with E-state index < -0.39 is 0 Å². The predicted molar refractivity (Wildman–Crippen MR) is 89.0 cm³/mol. The second kappa shape index (κ2) is 5.88. The van der Waals surface area contributed by atoms with E-state index in [1.165, 1.54) is 6.20 Å². The zero-order valence-electron chi connectivity index (χ0n) is 13.3. The lowest BCUT2D eigenvalue weighted by atomic mass is 10.2. The third kappa shape index (κ3) is 2.55. The van der Waals surface area contributed by atoms with Crippen molar-refractivity contribution in [3.63, 3.8) is 0 Å². The van der Waals surface area contributed by atoms with Crippen LogP contribution in [-0.2, 0) is 0 Å². The standard InChI is InChI=1S/C16H17N7O/c1-11-4-3-8-22(11)14-6-9-23-15(20-14)12(10-18-23)16(24)19-13-5-2-7-17-21-13/h2,5-7,9-11H,3-4,8H2,1H3,(H,19,21,24). The highest BCUT2D eigenvalue weighted by Crippen LogP contribution is 2.24. The van der Waals surface area contributed by atoms with Crippen LogP contribution in [0.1, 0.15) is 30.1 Å². The Morgan fingerprint density at radius 2 is 2.29 bits per heavy atom. The number of hydrogen-bond acceptors (Lipinski definition) is 6. The van der Waals surface area contributed by atoms with Crippen LogP contribution in [0, 0.1) is 0 Å². The maximum absolute atomic E-state index is 12.5. The molecule has 1 aliphatic heterocycles. The highest BCUT2D eigenvalue weighted by Gasteiger charge is 2.23. The molecule has 0 aromatic carbocycles. The Morgan fingerprint density at radius 1 is 1.38 bits per heavy atom. The Balaban J connectivity index is 1.67. The number of anilines is 2. The molecule has 1 fully saturated rings. The average Bonchev–Trinajstić information content (AvgIpc) is 3.21. The summed E-state index contributed by atoms with van der Waals surface area (Å²) in [5.74, 6) is 0.970. The van der Waals surface area contributed by atoms with E-state index in [0.29, 0.717) is 23.1 Å². The highest BCUT2D eigenvalue weighted by atomic mass is 16.1. The van der Waals surface area contributed by atoms with Gasteiger partial charge in [0.05, 0.1) is 6.20 Å². The summed E-state index contributed by atoms with van der Waals surface area (Å²) in [4.78, 5) is 19.4. The first-order chi connectivity index (χ1) is 11.7. The van der Waals surface area contributed by atoms with Gasteiger partial charge in [0.15, 0.2) is 11.5 Å². The largest absolute Gasteiger partial charge is 0.354 e. The number of nitrogens with zero attached hydrogens (tertiary/aromatic N) is 6. The van der Waals surface area contributed by atoms with Gasteiger partial charge in [0.2, 0.25) is 0 Å². The van der Waals surface area contributed by atoms with Crippen molar-refractivity contribution >= 4 is 23.2 Å². The van der Waals surface area contributed by atoms with Crippen molar-refractivity contribution in [2.24, 2.45) is 0 Å². The van der Waals surface area contributed by atoms with Crippen LogP contribution in [0.15, 0.2) is 36.8 Å². The fourth-order valence-corrected chi connectivity index (χ4v) is 3.00. The quantitative estimate of drug-likeness (QED) is 0.790. The predicted octanol–water partition coefficient (Wildman–Crippen LogP) is 1.76. The molecule has 24 heavy (non-hydrogen) atoms. The van der Waals surface area contributed by atoms with Gasteiger partial charge < -0.3 is 10.2 Å². The number of aromatic nitrogens is 5. The minimum atomic E-state index is -0.301. The van der Waals surface area contributed by atoms with E-state index in [1.54, 1.807) is 22.8 Å². The molecule has 1 amide bonds. The first-order valence-electron chi connectivity index (χ1n) is 7.92. The first-order valence-corrected chi connectivity index (χ1v) is 7.92. The van der Waals surface area contributed by atoms with Crippen LogP contribution >= 0.6 is 0 Å². The van der Waals surface area contributed by atoms with Crippen LogP contribution < -0.4 is 10.2 Å². The van der Waals surface area contributed by atoms with Crippen molar-refractivity contribution in [3.05, 3.63) is 42.4 Å². The van der Waals surface area contributed by atoms with Gasteiger partial charge in [0.25, 0.3) is 5.91 Å². The first kappa shape index (κ1) is 14.6.